The van der Waals surface area contributed by atoms with Crippen LogP contribution in [0, 0.1) is 27.7 Å². The molecule has 1 atom stereocenters. The van der Waals surface area contributed by atoms with E-state index in [1.165, 1.54) is 22.3 Å². The maximum atomic E-state index is 12.7. The molecular formula is C26H25N5O. The Balaban J connectivity index is 1.45. The van der Waals surface area contributed by atoms with Crippen LogP contribution in [-0.4, -0.2) is 25.7 Å². The van der Waals surface area contributed by atoms with Gasteiger partial charge in [-0.25, -0.2) is 19.9 Å². The van der Waals surface area contributed by atoms with Gasteiger partial charge >= 0.3 is 0 Å². The summed E-state index contributed by atoms with van der Waals surface area (Å²) in [4.78, 5) is 31.0. The zero-order valence-corrected chi connectivity index (χ0v) is 18.7. The molecule has 1 N–H and O–H groups in total. The van der Waals surface area contributed by atoms with Crippen LogP contribution in [-0.2, 0) is 6.42 Å². The average Bonchev–Trinajstić information content (AvgIpc) is 2.75. The maximum Gasteiger partial charge on any atom is 0.230 e. The van der Waals surface area contributed by atoms with Gasteiger partial charge in [0.05, 0.1) is 22.5 Å². The van der Waals surface area contributed by atoms with Gasteiger partial charge in [0.25, 0.3) is 0 Å². The van der Waals surface area contributed by atoms with Crippen LogP contribution in [0.25, 0.3) is 10.9 Å². The summed E-state index contributed by atoms with van der Waals surface area (Å²) >= 11 is 0. The van der Waals surface area contributed by atoms with E-state index in [2.05, 4.69) is 82.4 Å². The van der Waals surface area contributed by atoms with Gasteiger partial charge in [-0.05, 0) is 68.9 Å². The van der Waals surface area contributed by atoms with E-state index in [0.29, 0.717) is 30.3 Å². The van der Waals surface area contributed by atoms with E-state index in [1.807, 2.05) is 6.92 Å². The monoisotopic (exact) mass is 423 g/mol. The van der Waals surface area contributed by atoms with Gasteiger partial charge in [-0.1, -0.05) is 29.8 Å². The van der Waals surface area contributed by atoms with Crippen LogP contribution in [0.3, 0.4) is 0 Å². The average molecular weight is 424 g/mol. The van der Waals surface area contributed by atoms with E-state index in [1.54, 1.807) is 6.20 Å². The quantitative estimate of drug-likeness (QED) is 0.481. The number of nitrogens with one attached hydrogen (secondary N) is 1. The van der Waals surface area contributed by atoms with Gasteiger partial charge in [0, 0.05) is 18.0 Å². The number of fused-ring (bicyclic) bond motifs is 2. The van der Waals surface area contributed by atoms with Gasteiger partial charge in [-0.3, -0.25) is 10.1 Å². The first-order valence-electron chi connectivity index (χ1n) is 10.9. The van der Waals surface area contributed by atoms with Crippen molar-refractivity contribution in [3.05, 3.63) is 81.8 Å². The number of hydrogen-bond acceptors (Lipinski definition) is 6. The molecule has 0 radical (unpaired) electrons. The van der Waals surface area contributed by atoms with Gasteiger partial charge in [0.2, 0.25) is 11.9 Å². The van der Waals surface area contributed by atoms with Gasteiger partial charge in [0.1, 0.15) is 0 Å². The predicted octanol–water partition coefficient (Wildman–Crippen LogP) is 5.31. The molecular weight excluding hydrogens is 398 g/mol. The number of anilines is 2. The summed E-state index contributed by atoms with van der Waals surface area (Å²) in [6.07, 6.45) is 2.81. The molecule has 1 aliphatic carbocycles. The molecule has 1 aliphatic rings. The van der Waals surface area contributed by atoms with Gasteiger partial charge in [-0.2, -0.15) is 0 Å². The molecule has 0 spiro atoms. The molecule has 32 heavy (non-hydrogen) atoms. The molecule has 0 saturated carbocycles. The second kappa shape index (κ2) is 7.79. The normalized spacial score (nSPS) is 15.6. The molecule has 0 bridgehead atoms. The molecule has 2 aromatic heterocycles. The smallest absolute Gasteiger partial charge is 0.230 e. The van der Waals surface area contributed by atoms with E-state index in [4.69, 9.17) is 0 Å². The highest BCUT2D eigenvalue weighted by molar-refractivity contribution is 5.98. The number of aryl methyl sites for hydroxylation is 4. The van der Waals surface area contributed by atoms with Crippen LogP contribution in [0.4, 0.5) is 11.9 Å². The second-order valence-corrected chi connectivity index (χ2v) is 8.70. The zero-order valence-electron chi connectivity index (χ0n) is 18.7. The predicted molar refractivity (Wildman–Crippen MR) is 126 cm³/mol. The number of benzene rings is 2. The largest absolute Gasteiger partial charge is 0.294 e. The first-order valence-corrected chi connectivity index (χ1v) is 10.9. The van der Waals surface area contributed by atoms with Crippen LogP contribution in [0.5, 0.6) is 0 Å². The van der Waals surface area contributed by atoms with Gasteiger partial charge in [-0.15, -0.1) is 0 Å². The highest BCUT2D eigenvalue weighted by atomic mass is 16.1. The molecule has 2 heterocycles. The van der Waals surface area contributed by atoms with E-state index in [9.17, 15) is 4.79 Å². The van der Waals surface area contributed by atoms with Crippen molar-refractivity contribution >= 4 is 28.6 Å². The van der Waals surface area contributed by atoms with Crippen molar-refractivity contribution in [3.8, 4) is 0 Å². The Hall–Kier alpha value is -3.67. The molecule has 0 aliphatic heterocycles. The number of aromatic nitrogens is 4. The van der Waals surface area contributed by atoms with Crippen molar-refractivity contribution in [3.63, 3.8) is 0 Å². The standard InChI is InChI=1S/C26H25N5O/c1-14-5-7-18(8-6-14)19-11-23-21(24(32)12-19)13-27-25(29-23)31-26-28-17(4)20-9-15(2)16(3)10-22(20)30-26/h5-10,13,19H,11-12H2,1-4H3,(H,27,28,29,30,31)/t19-/m0/s1. The molecule has 6 heteroatoms. The first kappa shape index (κ1) is 20.2. The van der Waals surface area contributed by atoms with Crippen molar-refractivity contribution < 1.29 is 4.79 Å². The van der Waals surface area contributed by atoms with Crippen molar-refractivity contribution in [2.45, 2.75) is 46.5 Å². The number of Topliss-reactive ketones (excluding diaryl/α,β-unsaturated/α-hetero) is 1. The molecule has 5 rings (SSSR count). The molecule has 0 fully saturated rings. The fourth-order valence-corrected chi connectivity index (χ4v) is 4.28. The maximum absolute atomic E-state index is 12.7. The lowest BCUT2D eigenvalue weighted by Crippen LogP contribution is -2.21. The minimum absolute atomic E-state index is 0.0898. The topological polar surface area (TPSA) is 80.7 Å². The highest BCUT2D eigenvalue weighted by Crippen LogP contribution is 2.32. The van der Waals surface area contributed by atoms with E-state index in [0.717, 1.165) is 22.3 Å². The van der Waals surface area contributed by atoms with E-state index >= 15 is 0 Å². The first-order chi connectivity index (χ1) is 15.4. The SMILES string of the molecule is Cc1ccc([C@@H]2CC(=O)c3cnc(Nc4nc(C)c5cc(C)c(C)cc5n4)nc3C2)cc1. The number of carbonyl (C=O) groups is 1. The summed E-state index contributed by atoms with van der Waals surface area (Å²) < 4.78 is 0. The molecule has 0 saturated heterocycles. The van der Waals surface area contributed by atoms with Crippen molar-refractivity contribution in [1.29, 1.82) is 0 Å². The Morgan fingerprint density at radius 1 is 0.875 bits per heavy atom. The summed E-state index contributed by atoms with van der Waals surface area (Å²) in [5.41, 5.74) is 7.95. The Bertz CT molecular complexity index is 1360. The van der Waals surface area contributed by atoms with Crippen LogP contribution in [0.1, 0.15) is 56.3 Å². The summed E-state index contributed by atoms with van der Waals surface area (Å²) in [7, 11) is 0. The van der Waals surface area contributed by atoms with Gasteiger partial charge in [0.15, 0.2) is 5.78 Å². The number of rotatable bonds is 3. The molecule has 0 unspecified atom stereocenters. The zero-order chi connectivity index (χ0) is 22.4. The summed E-state index contributed by atoms with van der Waals surface area (Å²) in [5.74, 6) is 1.08. The molecule has 4 aromatic rings. The van der Waals surface area contributed by atoms with Crippen molar-refractivity contribution in [2.75, 3.05) is 5.32 Å². The van der Waals surface area contributed by atoms with E-state index in [-0.39, 0.29) is 11.7 Å². The number of hydrogen-bond donors (Lipinski definition) is 1. The second-order valence-electron chi connectivity index (χ2n) is 8.70. The number of carbonyl (C=O) groups excluding carboxylic acids is 1. The Kier molecular flexibility index (Phi) is 4.93. The third kappa shape index (κ3) is 3.73. The van der Waals surface area contributed by atoms with Gasteiger partial charge < -0.3 is 0 Å². The number of nitrogens with zero attached hydrogens (tertiary/aromatic N) is 4. The third-order valence-corrected chi connectivity index (χ3v) is 6.31. The molecule has 0 amide bonds. The lowest BCUT2D eigenvalue weighted by Gasteiger charge is -2.23. The molecule has 6 nitrogen and oxygen atoms in total. The Morgan fingerprint density at radius 3 is 2.41 bits per heavy atom. The fraction of sp³-hybridized carbons (Fsp3) is 0.269. The highest BCUT2D eigenvalue weighted by Gasteiger charge is 2.28. The van der Waals surface area contributed by atoms with Crippen LogP contribution >= 0.6 is 0 Å². The third-order valence-electron chi connectivity index (χ3n) is 6.31. The lowest BCUT2D eigenvalue weighted by molar-refractivity contribution is 0.0962. The lowest BCUT2D eigenvalue weighted by atomic mass is 9.82. The fourth-order valence-electron chi connectivity index (χ4n) is 4.28. The Morgan fingerprint density at radius 2 is 1.62 bits per heavy atom. The summed E-state index contributed by atoms with van der Waals surface area (Å²) in [6, 6.07) is 12.6. The van der Waals surface area contributed by atoms with E-state index < -0.39 is 0 Å². The molecule has 2 aromatic carbocycles. The van der Waals surface area contributed by atoms with Crippen LogP contribution < -0.4 is 5.32 Å². The van der Waals surface area contributed by atoms with Crippen molar-refractivity contribution in [2.24, 2.45) is 0 Å². The summed E-state index contributed by atoms with van der Waals surface area (Å²) in [6.45, 7) is 8.21. The van der Waals surface area contributed by atoms with Crippen LogP contribution in [0.15, 0.2) is 42.6 Å². The Labute approximate surface area is 187 Å². The number of ketones is 1. The molecule has 160 valence electrons. The summed E-state index contributed by atoms with van der Waals surface area (Å²) in [5, 5.41) is 4.18. The van der Waals surface area contributed by atoms with Crippen molar-refractivity contribution in [1.82, 2.24) is 19.9 Å². The minimum atomic E-state index is 0.0898. The van der Waals surface area contributed by atoms with Crippen LogP contribution in [0.2, 0.25) is 0 Å². The minimum Gasteiger partial charge on any atom is -0.294 e.